The van der Waals surface area contributed by atoms with Crippen molar-refractivity contribution in [2.75, 3.05) is 11.9 Å². The molecule has 4 nitrogen and oxygen atoms in total. The number of hydrogen-bond donors (Lipinski definition) is 2. The van der Waals surface area contributed by atoms with Gasteiger partial charge in [0.2, 0.25) is 0 Å². The summed E-state index contributed by atoms with van der Waals surface area (Å²) < 4.78 is 6.09. The van der Waals surface area contributed by atoms with Crippen LogP contribution in [-0.4, -0.2) is 16.7 Å². The average molecular weight is 243 g/mol. The summed E-state index contributed by atoms with van der Waals surface area (Å²) in [4.78, 5) is 0. The fourth-order valence-electron chi connectivity index (χ4n) is 2.51. The molecule has 0 aliphatic carbocycles. The third-order valence-corrected chi connectivity index (χ3v) is 3.23. The monoisotopic (exact) mass is 243 g/mol. The molecule has 0 atom stereocenters. The minimum absolute atomic E-state index is 0.381. The van der Waals surface area contributed by atoms with E-state index in [1.807, 2.05) is 18.2 Å². The molecule has 1 aromatic carbocycles. The number of aromatic amines is 1. The molecule has 18 heavy (non-hydrogen) atoms. The van der Waals surface area contributed by atoms with Crippen molar-refractivity contribution in [1.82, 2.24) is 10.2 Å². The molecule has 0 amide bonds. The van der Waals surface area contributed by atoms with Gasteiger partial charge in [0, 0.05) is 12.1 Å². The Morgan fingerprint density at radius 3 is 2.89 bits per heavy atom. The van der Waals surface area contributed by atoms with Gasteiger partial charge in [0.05, 0.1) is 11.3 Å². The molecule has 1 aliphatic heterocycles. The van der Waals surface area contributed by atoms with E-state index < -0.39 is 0 Å². The molecule has 0 bridgehead atoms. The Balaban J connectivity index is 2.23. The zero-order valence-corrected chi connectivity index (χ0v) is 10.9. The lowest BCUT2D eigenvalue weighted by atomic mass is 9.91. The Morgan fingerprint density at radius 2 is 2.11 bits per heavy atom. The Bertz CT molecular complexity index is 586. The maximum absolute atomic E-state index is 6.09. The van der Waals surface area contributed by atoms with Crippen molar-refractivity contribution in [2.45, 2.75) is 26.4 Å². The predicted octanol–water partition coefficient (Wildman–Crippen LogP) is 3.14. The minimum atomic E-state index is -0.381. The molecule has 3 rings (SSSR count). The van der Waals surface area contributed by atoms with Crippen molar-refractivity contribution in [2.24, 2.45) is 0 Å². The molecule has 0 saturated carbocycles. The van der Waals surface area contributed by atoms with Crippen molar-refractivity contribution < 1.29 is 4.74 Å². The van der Waals surface area contributed by atoms with Gasteiger partial charge in [-0.1, -0.05) is 12.1 Å². The molecule has 0 radical (unpaired) electrons. The second-order valence-electron chi connectivity index (χ2n) is 4.96. The van der Waals surface area contributed by atoms with Crippen LogP contribution in [0.2, 0.25) is 0 Å². The van der Waals surface area contributed by atoms with E-state index in [0.29, 0.717) is 0 Å². The maximum Gasteiger partial charge on any atom is 0.155 e. The van der Waals surface area contributed by atoms with Gasteiger partial charge in [-0.05, 0) is 32.9 Å². The van der Waals surface area contributed by atoms with Crippen LogP contribution in [0.1, 0.15) is 26.3 Å². The Hall–Kier alpha value is -1.97. The highest BCUT2D eigenvalue weighted by molar-refractivity contribution is 5.77. The average Bonchev–Trinajstić information content (AvgIpc) is 2.74. The molecule has 1 aromatic heterocycles. The first-order chi connectivity index (χ1) is 8.63. The number of rotatable bonds is 2. The molecular formula is C14H17N3O. The van der Waals surface area contributed by atoms with Gasteiger partial charge in [-0.2, -0.15) is 5.10 Å². The van der Waals surface area contributed by atoms with Crippen molar-refractivity contribution >= 4 is 5.82 Å². The third-order valence-electron chi connectivity index (χ3n) is 3.23. The largest absolute Gasteiger partial charge is 0.482 e. The number of H-pyrrole nitrogens is 1. The van der Waals surface area contributed by atoms with Crippen LogP contribution in [-0.2, 0) is 5.60 Å². The van der Waals surface area contributed by atoms with E-state index in [1.54, 1.807) is 0 Å². The number of nitrogens with zero attached hydrogens (tertiary/aromatic N) is 1. The van der Waals surface area contributed by atoms with E-state index in [-0.39, 0.29) is 5.60 Å². The zero-order valence-electron chi connectivity index (χ0n) is 10.9. The smallest absolute Gasteiger partial charge is 0.155 e. The van der Waals surface area contributed by atoms with Gasteiger partial charge in [0.15, 0.2) is 5.82 Å². The van der Waals surface area contributed by atoms with E-state index in [4.69, 9.17) is 4.74 Å². The van der Waals surface area contributed by atoms with Crippen LogP contribution in [0.5, 0.6) is 5.75 Å². The van der Waals surface area contributed by atoms with Gasteiger partial charge >= 0.3 is 0 Å². The first-order valence-corrected chi connectivity index (χ1v) is 6.24. The molecule has 2 aromatic rings. The molecule has 2 N–H and O–H groups in total. The highest BCUT2D eigenvalue weighted by Crippen LogP contribution is 2.46. The molecule has 4 heteroatoms. The topological polar surface area (TPSA) is 49.9 Å². The summed E-state index contributed by atoms with van der Waals surface area (Å²) in [5.41, 5.74) is 2.85. The number of ether oxygens (including phenoxy) is 1. The second kappa shape index (κ2) is 3.77. The van der Waals surface area contributed by atoms with E-state index in [9.17, 15) is 0 Å². The number of nitrogens with one attached hydrogen (secondary N) is 2. The summed E-state index contributed by atoms with van der Waals surface area (Å²) >= 11 is 0. The highest BCUT2D eigenvalue weighted by atomic mass is 16.5. The summed E-state index contributed by atoms with van der Waals surface area (Å²) in [7, 11) is 0. The van der Waals surface area contributed by atoms with Crippen molar-refractivity contribution in [3.63, 3.8) is 0 Å². The quantitative estimate of drug-likeness (QED) is 0.852. The van der Waals surface area contributed by atoms with Crippen LogP contribution in [0, 0.1) is 0 Å². The van der Waals surface area contributed by atoms with Crippen molar-refractivity contribution in [1.29, 1.82) is 0 Å². The summed E-state index contributed by atoms with van der Waals surface area (Å²) in [6.45, 7) is 7.04. The summed E-state index contributed by atoms with van der Waals surface area (Å²) in [6.07, 6.45) is 0. The standard InChI is InChI=1S/C14H17N3O/c1-4-15-13-11-12(16-17-13)9-7-5-6-8-10(9)18-14(11,2)3/h5-8H,4H2,1-3H3,(H2,15,16,17). The summed E-state index contributed by atoms with van der Waals surface area (Å²) in [5.74, 6) is 1.79. The van der Waals surface area contributed by atoms with Crippen LogP contribution < -0.4 is 10.1 Å². The molecule has 0 fully saturated rings. The van der Waals surface area contributed by atoms with E-state index in [2.05, 4.69) is 42.4 Å². The lowest BCUT2D eigenvalue weighted by Gasteiger charge is -2.32. The van der Waals surface area contributed by atoms with Gasteiger partial charge in [0.1, 0.15) is 11.4 Å². The van der Waals surface area contributed by atoms with Gasteiger partial charge < -0.3 is 10.1 Å². The molecular weight excluding hydrogens is 226 g/mol. The van der Waals surface area contributed by atoms with Gasteiger partial charge in [-0.25, -0.2) is 0 Å². The maximum atomic E-state index is 6.09. The van der Waals surface area contributed by atoms with Crippen LogP contribution in [0.25, 0.3) is 11.3 Å². The van der Waals surface area contributed by atoms with Gasteiger partial charge in [0.25, 0.3) is 0 Å². The van der Waals surface area contributed by atoms with Crippen LogP contribution in [0.3, 0.4) is 0 Å². The molecule has 2 heterocycles. The second-order valence-corrected chi connectivity index (χ2v) is 4.96. The number of para-hydroxylation sites is 1. The normalized spacial score (nSPS) is 15.5. The number of anilines is 1. The number of aromatic nitrogens is 2. The van der Waals surface area contributed by atoms with Crippen LogP contribution >= 0.6 is 0 Å². The SMILES string of the molecule is CCNc1n[nH]c2c1C(C)(C)Oc1ccccc1-2. The highest BCUT2D eigenvalue weighted by Gasteiger charge is 2.37. The van der Waals surface area contributed by atoms with Gasteiger partial charge in [-0.15, -0.1) is 0 Å². The Labute approximate surface area is 106 Å². The van der Waals surface area contributed by atoms with Crippen molar-refractivity contribution in [3.8, 4) is 17.0 Å². The Morgan fingerprint density at radius 1 is 1.33 bits per heavy atom. The summed E-state index contributed by atoms with van der Waals surface area (Å²) in [5, 5.41) is 10.8. The van der Waals surface area contributed by atoms with Gasteiger partial charge in [-0.3, -0.25) is 5.10 Å². The van der Waals surface area contributed by atoms with Crippen molar-refractivity contribution in [3.05, 3.63) is 29.8 Å². The lowest BCUT2D eigenvalue weighted by molar-refractivity contribution is 0.106. The summed E-state index contributed by atoms with van der Waals surface area (Å²) in [6, 6.07) is 8.05. The third kappa shape index (κ3) is 1.49. The lowest BCUT2D eigenvalue weighted by Crippen LogP contribution is -2.29. The Kier molecular flexibility index (Phi) is 2.33. The fourth-order valence-corrected chi connectivity index (χ4v) is 2.51. The number of hydrogen-bond acceptors (Lipinski definition) is 3. The van der Waals surface area contributed by atoms with E-state index in [0.717, 1.165) is 34.9 Å². The van der Waals surface area contributed by atoms with Crippen LogP contribution in [0.4, 0.5) is 5.82 Å². The van der Waals surface area contributed by atoms with Crippen LogP contribution in [0.15, 0.2) is 24.3 Å². The molecule has 0 unspecified atom stereocenters. The first kappa shape index (κ1) is 11.1. The molecule has 94 valence electrons. The first-order valence-electron chi connectivity index (χ1n) is 6.24. The molecule has 0 spiro atoms. The van der Waals surface area contributed by atoms with E-state index in [1.165, 1.54) is 0 Å². The minimum Gasteiger partial charge on any atom is -0.482 e. The molecule has 1 aliphatic rings. The predicted molar refractivity (Wildman–Crippen MR) is 71.8 cm³/mol. The van der Waals surface area contributed by atoms with E-state index >= 15 is 0 Å². The number of benzene rings is 1. The number of fused-ring (bicyclic) bond motifs is 3. The fraction of sp³-hybridized carbons (Fsp3) is 0.357. The zero-order chi connectivity index (χ0) is 12.8. The molecule has 0 saturated heterocycles.